The molecule has 4 N–H and O–H groups in total. The number of hydrogen-bond acceptors (Lipinski definition) is 4. The number of hydrogen-bond donors (Lipinski definition) is 4. The van der Waals surface area contributed by atoms with Crippen molar-refractivity contribution in [3.8, 4) is 0 Å². The van der Waals surface area contributed by atoms with E-state index < -0.39 is 11.2 Å². The van der Waals surface area contributed by atoms with Crippen LogP contribution in [0.4, 0.5) is 0 Å². The molecule has 1 aliphatic rings. The van der Waals surface area contributed by atoms with Gasteiger partial charge in [-0.1, -0.05) is 12.8 Å². The maximum Gasteiger partial charge on any atom is 0.325 e. The number of nitrogens with one attached hydrogen (secondary N) is 3. The summed E-state index contributed by atoms with van der Waals surface area (Å²) in [7, 11) is 0. The SMILES string of the molecule is O=C(Cc1cc(=O)[nH]c(=O)[nH]1)NC1CCCCC1CO. The highest BCUT2D eigenvalue weighted by Gasteiger charge is 2.25. The van der Waals surface area contributed by atoms with Crippen molar-refractivity contribution in [2.45, 2.75) is 38.1 Å². The number of aliphatic hydroxyl groups is 1. The van der Waals surface area contributed by atoms with Gasteiger partial charge in [0.05, 0.1) is 6.42 Å². The highest BCUT2D eigenvalue weighted by molar-refractivity contribution is 5.78. The maximum absolute atomic E-state index is 11.9. The molecular weight excluding hydrogens is 262 g/mol. The summed E-state index contributed by atoms with van der Waals surface area (Å²) in [5.74, 6) is -0.164. The van der Waals surface area contributed by atoms with Crippen LogP contribution in [0.15, 0.2) is 15.7 Å². The van der Waals surface area contributed by atoms with Crippen molar-refractivity contribution in [2.75, 3.05) is 6.61 Å². The Morgan fingerprint density at radius 3 is 2.75 bits per heavy atom. The van der Waals surface area contributed by atoms with Crippen molar-refractivity contribution < 1.29 is 9.90 Å². The molecule has 1 aromatic heterocycles. The molecule has 2 atom stereocenters. The zero-order valence-corrected chi connectivity index (χ0v) is 11.1. The average Bonchev–Trinajstić information content (AvgIpc) is 2.37. The van der Waals surface area contributed by atoms with Gasteiger partial charge >= 0.3 is 5.69 Å². The average molecular weight is 281 g/mol. The first-order valence-corrected chi connectivity index (χ1v) is 6.81. The summed E-state index contributed by atoms with van der Waals surface area (Å²) in [6, 6.07) is 1.17. The number of rotatable bonds is 4. The molecule has 7 heteroatoms. The molecule has 2 unspecified atom stereocenters. The Labute approximate surface area is 115 Å². The van der Waals surface area contributed by atoms with E-state index in [1.807, 2.05) is 4.98 Å². The fraction of sp³-hybridized carbons (Fsp3) is 0.615. The third-order valence-electron chi connectivity index (χ3n) is 3.66. The summed E-state index contributed by atoms with van der Waals surface area (Å²) in [4.78, 5) is 38.7. The standard InChI is InChI=1S/C13H19N3O4/c17-7-8-3-1-2-4-10(8)15-11(18)5-9-6-12(19)16-13(20)14-9/h6,8,10,17H,1-5,7H2,(H,15,18)(H2,14,16,19,20). The quantitative estimate of drug-likeness (QED) is 0.582. The van der Waals surface area contributed by atoms with Gasteiger partial charge in [-0.25, -0.2) is 4.79 Å². The van der Waals surface area contributed by atoms with Crippen LogP contribution in [0.5, 0.6) is 0 Å². The van der Waals surface area contributed by atoms with E-state index in [0.717, 1.165) is 25.7 Å². The smallest absolute Gasteiger partial charge is 0.325 e. The zero-order chi connectivity index (χ0) is 14.5. The minimum Gasteiger partial charge on any atom is -0.396 e. The summed E-state index contributed by atoms with van der Waals surface area (Å²) in [5, 5.41) is 12.2. The molecule has 1 saturated carbocycles. The monoisotopic (exact) mass is 281 g/mol. The Bertz CT molecular complexity index is 549. The lowest BCUT2D eigenvalue weighted by Gasteiger charge is -2.30. The molecule has 2 rings (SSSR count). The van der Waals surface area contributed by atoms with Crippen molar-refractivity contribution in [3.63, 3.8) is 0 Å². The Kier molecular flexibility index (Phi) is 4.73. The van der Waals surface area contributed by atoms with Crippen LogP contribution < -0.4 is 16.6 Å². The molecule has 0 saturated heterocycles. The predicted octanol–water partition coefficient (Wildman–Crippen LogP) is -0.727. The van der Waals surface area contributed by atoms with E-state index >= 15 is 0 Å². The molecule has 0 aromatic carbocycles. The minimum absolute atomic E-state index is 0.0324. The molecular formula is C13H19N3O4. The van der Waals surface area contributed by atoms with Crippen LogP contribution in [0, 0.1) is 5.92 Å². The zero-order valence-electron chi connectivity index (χ0n) is 11.1. The summed E-state index contributed by atoms with van der Waals surface area (Å²) in [5.41, 5.74) is -0.860. The van der Waals surface area contributed by atoms with E-state index in [1.165, 1.54) is 6.07 Å². The molecule has 1 aliphatic carbocycles. The molecule has 20 heavy (non-hydrogen) atoms. The van der Waals surface area contributed by atoms with Crippen LogP contribution in [0.1, 0.15) is 31.4 Å². The van der Waals surface area contributed by atoms with E-state index in [1.54, 1.807) is 0 Å². The van der Waals surface area contributed by atoms with Gasteiger partial charge in [0.25, 0.3) is 5.56 Å². The van der Waals surface area contributed by atoms with E-state index in [4.69, 9.17) is 0 Å². The lowest BCUT2D eigenvalue weighted by atomic mass is 9.85. The molecule has 1 aromatic rings. The van der Waals surface area contributed by atoms with Crippen molar-refractivity contribution in [2.24, 2.45) is 5.92 Å². The minimum atomic E-state index is -0.619. The highest BCUT2D eigenvalue weighted by atomic mass is 16.3. The first-order chi connectivity index (χ1) is 9.58. The maximum atomic E-state index is 11.9. The van der Waals surface area contributed by atoms with Crippen LogP contribution in [-0.4, -0.2) is 33.6 Å². The van der Waals surface area contributed by atoms with Crippen LogP contribution in [0.25, 0.3) is 0 Å². The Morgan fingerprint density at radius 1 is 1.30 bits per heavy atom. The van der Waals surface area contributed by atoms with Gasteiger partial charge in [-0.05, 0) is 12.8 Å². The van der Waals surface area contributed by atoms with Gasteiger partial charge in [0.15, 0.2) is 0 Å². The number of carbonyl (C=O) groups excluding carboxylic acids is 1. The lowest BCUT2D eigenvalue weighted by Crippen LogP contribution is -2.44. The predicted molar refractivity (Wildman–Crippen MR) is 72.4 cm³/mol. The molecule has 1 amide bonds. The largest absolute Gasteiger partial charge is 0.396 e. The first-order valence-electron chi connectivity index (χ1n) is 6.81. The second kappa shape index (κ2) is 6.51. The fourth-order valence-electron chi connectivity index (χ4n) is 2.66. The van der Waals surface area contributed by atoms with Gasteiger partial charge in [-0.3, -0.25) is 14.6 Å². The molecule has 1 heterocycles. The number of H-pyrrole nitrogens is 2. The third kappa shape index (κ3) is 3.80. The summed E-state index contributed by atoms with van der Waals surface area (Å²) >= 11 is 0. The number of aromatic nitrogens is 2. The summed E-state index contributed by atoms with van der Waals surface area (Å²) in [6.07, 6.45) is 3.81. The molecule has 0 aliphatic heterocycles. The molecule has 0 bridgehead atoms. The van der Waals surface area contributed by atoms with Gasteiger partial charge in [-0.15, -0.1) is 0 Å². The number of amides is 1. The Morgan fingerprint density at radius 2 is 2.05 bits per heavy atom. The number of aromatic amines is 2. The number of carbonyl (C=O) groups is 1. The van der Waals surface area contributed by atoms with Crippen molar-refractivity contribution in [1.29, 1.82) is 0 Å². The topological polar surface area (TPSA) is 115 Å². The van der Waals surface area contributed by atoms with Crippen molar-refractivity contribution in [1.82, 2.24) is 15.3 Å². The van der Waals surface area contributed by atoms with Gasteiger partial charge in [0, 0.05) is 30.3 Å². The van der Waals surface area contributed by atoms with E-state index in [-0.39, 0.29) is 36.6 Å². The first kappa shape index (κ1) is 14.5. The van der Waals surface area contributed by atoms with E-state index in [0.29, 0.717) is 0 Å². The lowest BCUT2D eigenvalue weighted by molar-refractivity contribution is -0.121. The van der Waals surface area contributed by atoms with Crippen LogP contribution in [-0.2, 0) is 11.2 Å². The van der Waals surface area contributed by atoms with Gasteiger partial charge in [-0.2, -0.15) is 0 Å². The molecule has 0 radical (unpaired) electrons. The Balaban J connectivity index is 1.97. The van der Waals surface area contributed by atoms with Crippen molar-refractivity contribution in [3.05, 3.63) is 32.6 Å². The third-order valence-corrected chi connectivity index (χ3v) is 3.66. The fourth-order valence-corrected chi connectivity index (χ4v) is 2.66. The van der Waals surface area contributed by atoms with Crippen LogP contribution in [0.2, 0.25) is 0 Å². The van der Waals surface area contributed by atoms with Gasteiger partial charge in [0.1, 0.15) is 0 Å². The van der Waals surface area contributed by atoms with E-state index in [9.17, 15) is 19.5 Å². The van der Waals surface area contributed by atoms with Crippen LogP contribution in [0.3, 0.4) is 0 Å². The summed E-state index contributed by atoms with van der Waals surface area (Å²) in [6.45, 7) is 0.0623. The van der Waals surface area contributed by atoms with Crippen LogP contribution >= 0.6 is 0 Å². The summed E-state index contributed by atoms with van der Waals surface area (Å²) < 4.78 is 0. The molecule has 7 nitrogen and oxygen atoms in total. The number of aliphatic hydroxyl groups excluding tert-OH is 1. The second-order valence-electron chi connectivity index (χ2n) is 5.19. The normalized spacial score (nSPS) is 22.4. The van der Waals surface area contributed by atoms with Gasteiger partial charge < -0.3 is 15.4 Å². The highest BCUT2D eigenvalue weighted by Crippen LogP contribution is 2.23. The van der Waals surface area contributed by atoms with Gasteiger partial charge in [0.2, 0.25) is 5.91 Å². The molecule has 0 spiro atoms. The molecule has 1 fully saturated rings. The molecule has 110 valence electrons. The second-order valence-corrected chi connectivity index (χ2v) is 5.19. The van der Waals surface area contributed by atoms with E-state index in [2.05, 4.69) is 10.3 Å². The van der Waals surface area contributed by atoms with Crippen molar-refractivity contribution >= 4 is 5.91 Å². The Hall–Kier alpha value is -1.89.